The van der Waals surface area contributed by atoms with E-state index in [9.17, 15) is 0 Å². The molecule has 2 fully saturated rings. The van der Waals surface area contributed by atoms with Crippen molar-refractivity contribution in [3.63, 3.8) is 0 Å². The van der Waals surface area contributed by atoms with Crippen LogP contribution in [0.3, 0.4) is 0 Å². The third-order valence-electron chi connectivity index (χ3n) is 6.12. The van der Waals surface area contributed by atoms with Gasteiger partial charge in [-0.3, -0.25) is 0 Å². The third-order valence-corrected chi connectivity index (χ3v) is 15.2. The Balaban J connectivity index is 2.29. The Morgan fingerprint density at radius 1 is 0.565 bits per heavy atom. The minimum Gasteiger partial charge on any atom is -0.443 e. The van der Waals surface area contributed by atoms with E-state index in [4.69, 9.17) is 4.12 Å². The van der Waals surface area contributed by atoms with Crippen LogP contribution in [0.25, 0.3) is 0 Å². The van der Waals surface area contributed by atoms with E-state index in [2.05, 4.69) is 49.1 Å². The normalized spacial score (nSPS) is 21.6. The van der Waals surface area contributed by atoms with Crippen LogP contribution < -0.4 is 0 Å². The lowest BCUT2D eigenvalue weighted by molar-refractivity contribution is 0.419. The molecule has 1 nitrogen and oxygen atoms in total. The molecule has 0 spiro atoms. The molecule has 23 heavy (non-hydrogen) atoms. The maximum Gasteiger partial charge on any atom is 0.232 e. The molecule has 0 aromatic carbocycles. The molecule has 2 aliphatic carbocycles. The highest BCUT2D eigenvalue weighted by atomic mass is 28.4. The Kier molecular flexibility index (Phi) is 6.87. The van der Waals surface area contributed by atoms with Crippen molar-refractivity contribution in [2.45, 2.75) is 75.3 Å². The Labute approximate surface area is 145 Å². The van der Waals surface area contributed by atoms with Gasteiger partial charge in [0.05, 0.1) is 0 Å². The van der Waals surface area contributed by atoms with Gasteiger partial charge < -0.3 is 4.12 Å². The maximum absolute atomic E-state index is 7.11. The van der Waals surface area contributed by atoms with E-state index in [1.807, 2.05) is 0 Å². The lowest BCUT2D eigenvalue weighted by Crippen LogP contribution is -2.54. The molecule has 0 unspecified atom stereocenters. The molecule has 128 valence electrons. The summed E-state index contributed by atoms with van der Waals surface area (Å²) >= 11 is 0. The summed E-state index contributed by atoms with van der Waals surface area (Å²) < 4.78 is 7.11. The zero-order valence-corrected chi connectivity index (χ0v) is 16.8. The van der Waals surface area contributed by atoms with Crippen LogP contribution in [-0.4, -0.2) is 16.6 Å². The van der Waals surface area contributed by atoms with Crippen molar-refractivity contribution in [2.75, 3.05) is 0 Å². The van der Waals surface area contributed by atoms with Gasteiger partial charge in [-0.05, 0) is 11.1 Å². The lowest BCUT2D eigenvalue weighted by Gasteiger charge is -2.45. The first-order chi connectivity index (χ1) is 11.2. The van der Waals surface area contributed by atoms with Gasteiger partial charge in [0.15, 0.2) is 0 Å². The molecule has 0 aromatic heterocycles. The van der Waals surface area contributed by atoms with Gasteiger partial charge in [-0.2, -0.15) is 0 Å². The van der Waals surface area contributed by atoms with Crippen molar-refractivity contribution < 1.29 is 4.12 Å². The zero-order valence-electron chi connectivity index (χ0n) is 14.8. The largest absolute Gasteiger partial charge is 0.443 e. The van der Waals surface area contributed by atoms with Crippen molar-refractivity contribution in [1.29, 1.82) is 0 Å². The predicted octanol–water partition coefficient (Wildman–Crippen LogP) is 6.46. The highest BCUT2D eigenvalue weighted by Crippen LogP contribution is 2.45. The molecule has 0 atom stereocenters. The maximum atomic E-state index is 7.11. The number of hydrogen-bond donors (Lipinski definition) is 0. The SMILES string of the molecule is C=C[Si](C=C)(O[Si](C=C)(C=C)C1CCCCC1)C1CCCCC1. The van der Waals surface area contributed by atoms with Crippen LogP contribution in [0.5, 0.6) is 0 Å². The Morgan fingerprint density at radius 2 is 0.870 bits per heavy atom. The van der Waals surface area contributed by atoms with Crippen molar-refractivity contribution in [3.8, 4) is 0 Å². The second-order valence-electron chi connectivity index (χ2n) is 7.30. The molecule has 2 rings (SSSR count). The van der Waals surface area contributed by atoms with Gasteiger partial charge >= 0.3 is 0 Å². The average Bonchev–Trinajstić information content (AvgIpc) is 2.65. The first kappa shape index (κ1) is 18.7. The quantitative estimate of drug-likeness (QED) is 0.458. The summed E-state index contributed by atoms with van der Waals surface area (Å²) in [5, 5.41) is 0. The van der Waals surface area contributed by atoms with Gasteiger partial charge in [-0.15, -0.1) is 26.3 Å². The fourth-order valence-corrected chi connectivity index (χ4v) is 14.0. The van der Waals surface area contributed by atoms with Crippen LogP contribution in [-0.2, 0) is 4.12 Å². The van der Waals surface area contributed by atoms with Gasteiger partial charge in [0.1, 0.15) is 0 Å². The smallest absolute Gasteiger partial charge is 0.232 e. The Morgan fingerprint density at radius 3 is 1.13 bits per heavy atom. The molecule has 0 N–H and O–H groups in total. The fraction of sp³-hybridized carbons (Fsp3) is 0.600. The topological polar surface area (TPSA) is 9.23 Å². The summed E-state index contributed by atoms with van der Waals surface area (Å²) in [4.78, 5) is 0. The van der Waals surface area contributed by atoms with E-state index in [1.165, 1.54) is 64.2 Å². The van der Waals surface area contributed by atoms with Crippen molar-refractivity contribution in [3.05, 3.63) is 49.1 Å². The molecule has 2 aliphatic rings. The summed E-state index contributed by atoms with van der Waals surface area (Å²) in [5.74, 6) is 0. The third kappa shape index (κ3) is 3.89. The van der Waals surface area contributed by atoms with Gasteiger partial charge in [0.25, 0.3) is 0 Å². The molecule has 3 heteroatoms. The average molecular weight is 347 g/mol. The van der Waals surface area contributed by atoms with Gasteiger partial charge in [-0.1, -0.05) is 87.0 Å². The summed E-state index contributed by atoms with van der Waals surface area (Å²) in [6, 6.07) is 0. The van der Waals surface area contributed by atoms with Gasteiger partial charge in [-0.25, -0.2) is 0 Å². The number of rotatable bonds is 8. The molecule has 0 bridgehead atoms. The summed E-state index contributed by atoms with van der Waals surface area (Å²) in [6.45, 7) is 16.8. The van der Waals surface area contributed by atoms with Crippen LogP contribution in [0.1, 0.15) is 64.2 Å². The molecule has 2 saturated carbocycles. The first-order valence-electron chi connectivity index (χ1n) is 9.41. The zero-order chi connectivity index (χ0) is 16.8. The highest BCUT2D eigenvalue weighted by Gasteiger charge is 2.48. The van der Waals surface area contributed by atoms with Crippen LogP contribution in [0.15, 0.2) is 49.1 Å². The van der Waals surface area contributed by atoms with Crippen LogP contribution in [0, 0.1) is 0 Å². The standard InChI is InChI=1S/C20H34OSi2/c1-5-22(6-2,19-15-11-9-12-16-19)21-23(7-3,8-4)20-17-13-10-14-18-20/h5-8,19-20H,1-4,9-18H2. The molecule has 0 radical (unpaired) electrons. The number of hydrogen-bond acceptors (Lipinski definition) is 1. The van der Waals surface area contributed by atoms with E-state index < -0.39 is 16.6 Å². The van der Waals surface area contributed by atoms with E-state index in [0.29, 0.717) is 11.1 Å². The monoisotopic (exact) mass is 346 g/mol. The van der Waals surface area contributed by atoms with E-state index in [-0.39, 0.29) is 0 Å². The molecular weight excluding hydrogens is 312 g/mol. The van der Waals surface area contributed by atoms with E-state index in [1.54, 1.807) is 0 Å². The predicted molar refractivity (Wildman–Crippen MR) is 107 cm³/mol. The molecule has 0 aromatic rings. The molecule has 0 heterocycles. The second kappa shape index (κ2) is 8.45. The second-order valence-corrected chi connectivity index (χ2v) is 14.8. The van der Waals surface area contributed by atoms with Gasteiger partial charge in [0.2, 0.25) is 16.6 Å². The minimum atomic E-state index is -2.16. The lowest BCUT2D eigenvalue weighted by atomic mass is 10.0. The summed E-state index contributed by atoms with van der Waals surface area (Å²) in [5.41, 5.74) is 9.87. The molecule has 0 amide bonds. The van der Waals surface area contributed by atoms with E-state index >= 15 is 0 Å². The summed E-state index contributed by atoms with van der Waals surface area (Å²) in [6.07, 6.45) is 13.1. The fourth-order valence-electron chi connectivity index (χ4n) is 4.58. The minimum absolute atomic E-state index is 0.640. The Bertz CT molecular complexity index is 375. The first-order valence-corrected chi connectivity index (χ1v) is 13.7. The van der Waals surface area contributed by atoms with Crippen LogP contribution >= 0.6 is 0 Å². The Hall–Kier alpha value is -0.646. The van der Waals surface area contributed by atoms with Gasteiger partial charge in [0, 0.05) is 0 Å². The molecular formula is C20H34OSi2. The molecule has 0 aliphatic heterocycles. The summed E-state index contributed by atoms with van der Waals surface area (Å²) in [7, 11) is -4.31. The highest BCUT2D eigenvalue weighted by molar-refractivity contribution is 6.97. The van der Waals surface area contributed by atoms with Crippen molar-refractivity contribution >= 4 is 16.6 Å². The van der Waals surface area contributed by atoms with Crippen LogP contribution in [0.2, 0.25) is 11.1 Å². The van der Waals surface area contributed by atoms with Crippen molar-refractivity contribution in [2.24, 2.45) is 0 Å². The van der Waals surface area contributed by atoms with Crippen molar-refractivity contribution in [1.82, 2.24) is 0 Å². The van der Waals surface area contributed by atoms with Crippen LogP contribution in [0.4, 0.5) is 0 Å². The van der Waals surface area contributed by atoms with E-state index in [0.717, 1.165) is 0 Å². The molecule has 0 saturated heterocycles.